The van der Waals surface area contributed by atoms with Crippen molar-refractivity contribution in [2.45, 2.75) is 32.4 Å². The van der Waals surface area contributed by atoms with Crippen LogP contribution in [-0.2, 0) is 4.79 Å². The first-order valence-corrected chi connectivity index (χ1v) is 7.63. The standard InChI is InChI=1S/C17H27N3O/c1-13(15(18)14-8-6-5-7-9-14)16(21)20-11-10-19(4)17(2,3)12-20/h5-9,13,15H,10-12,18H2,1-4H3. The van der Waals surface area contributed by atoms with Crippen LogP contribution in [0.25, 0.3) is 0 Å². The Morgan fingerprint density at radius 1 is 1.24 bits per heavy atom. The molecule has 1 aromatic carbocycles. The molecule has 0 bridgehead atoms. The third-order valence-electron chi connectivity index (χ3n) is 4.74. The smallest absolute Gasteiger partial charge is 0.227 e. The fourth-order valence-corrected chi connectivity index (χ4v) is 2.83. The molecule has 21 heavy (non-hydrogen) atoms. The third kappa shape index (κ3) is 3.44. The summed E-state index contributed by atoms with van der Waals surface area (Å²) in [5.41, 5.74) is 7.32. The molecular formula is C17H27N3O. The summed E-state index contributed by atoms with van der Waals surface area (Å²) in [6, 6.07) is 9.62. The van der Waals surface area contributed by atoms with Crippen molar-refractivity contribution < 1.29 is 4.79 Å². The lowest BCUT2D eigenvalue weighted by Crippen LogP contribution is -2.60. The van der Waals surface area contributed by atoms with Gasteiger partial charge >= 0.3 is 0 Å². The quantitative estimate of drug-likeness (QED) is 0.924. The SMILES string of the molecule is CC(C(=O)N1CCN(C)C(C)(C)C1)C(N)c1ccccc1. The molecule has 0 spiro atoms. The number of nitrogens with zero attached hydrogens (tertiary/aromatic N) is 2. The molecule has 1 saturated heterocycles. The number of nitrogens with two attached hydrogens (primary N) is 1. The molecule has 1 amide bonds. The summed E-state index contributed by atoms with van der Waals surface area (Å²) in [6.07, 6.45) is 0. The molecule has 1 aliphatic rings. The van der Waals surface area contributed by atoms with E-state index in [0.29, 0.717) is 0 Å². The maximum atomic E-state index is 12.7. The topological polar surface area (TPSA) is 49.6 Å². The van der Waals surface area contributed by atoms with Crippen LogP contribution in [0, 0.1) is 5.92 Å². The molecule has 2 unspecified atom stereocenters. The molecule has 0 aromatic heterocycles. The Morgan fingerprint density at radius 2 is 1.86 bits per heavy atom. The zero-order valence-corrected chi connectivity index (χ0v) is 13.5. The van der Waals surface area contributed by atoms with Crippen LogP contribution in [0.5, 0.6) is 0 Å². The van der Waals surface area contributed by atoms with Gasteiger partial charge in [-0.15, -0.1) is 0 Å². The van der Waals surface area contributed by atoms with E-state index in [0.717, 1.165) is 25.2 Å². The molecule has 2 N–H and O–H groups in total. The third-order valence-corrected chi connectivity index (χ3v) is 4.74. The molecule has 116 valence electrons. The lowest BCUT2D eigenvalue weighted by molar-refractivity contribution is -0.140. The number of carbonyl (C=O) groups excluding carboxylic acids is 1. The fourth-order valence-electron chi connectivity index (χ4n) is 2.83. The summed E-state index contributed by atoms with van der Waals surface area (Å²) < 4.78 is 0. The van der Waals surface area contributed by atoms with Gasteiger partial charge in [-0.25, -0.2) is 0 Å². The number of hydrogen-bond donors (Lipinski definition) is 1. The van der Waals surface area contributed by atoms with Gasteiger partial charge in [0.1, 0.15) is 0 Å². The lowest BCUT2D eigenvalue weighted by atomic mass is 9.92. The molecule has 0 aliphatic carbocycles. The second-order valence-electron chi connectivity index (χ2n) is 6.72. The highest BCUT2D eigenvalue weighted by Crippen LogP contribution is 2.25. The van der Waals surface area contributed by atoms with E-state index >= 15 is 0 Å². The van der Waals surface area contributed by atoms with Crippen LogP contribution < -0.4 is 5.73 Å². The van der Waals surface area contributed by atoms with Crippen LogP contribution in [0.2, 0.25) is 0 Å². The average molecular weight is 289 g/mol. The molecule has 0 radical (unpaired) electrons. The van der Waals surface area contributed by atoms with E-state index < -0.39 is 0 Å². The summed E-state index contributed by atoms with van der Waals surface area (Å²) in [4.78, 5) is 17.0. The van der Waals surface area contributed by atoms with Crippen molar-refractivity contribution in [3.8, 4) is 0 Å². The van der Waals surface area contributed by atoms with Crippen LogP contribution in [0.15, 0.2) is 30.3 Å². The predicted molar refractivity (Wildman–Crippen MR) is 85.8 cm³/mol. The molecule has 1 aliphatic heterocycles. The van der Waals surface area contributed by atoms with Crippen LogP contribution >= 0.6 is 0 Å². The molecule has 2 rings (SSSR count). The van der Waals surface area contributed by atoms with Crippen molar-refractivity contribution in [3.63, 3.8) is 0 Å². The van der Waals surface area contributed by atoms with E-state index in [1.165, 1.54) is 0 Å². The number of rotatable bonds is 3. The van der Waals surface area contributed by atoms with Gasteiger partial charge in [-0.1, -0.05) is 37.3 Å². The Labute approximate surface area is 127 Å². The number of amides is 1. The summed E-state index contributed by atoms with van der Waals surface area (Å²) in [6.45, 7) is 8.73. The van der Waals surface area contributed by atoms with E-state index in [1.807, 2.05) is 42.2 Å². The number of piperazine rings is 1. The van der Waals surface area contributed by atoms with Crippen molar-refractivity contribution in [1.29, 1.82) is 0 Å². The first kappa shape index (κ1) is 16.0. The normalized spacial score (nSPS) is 21.9. The van der Waals surface area contributed by atoms with Gasteiger partial charge in [-0.2, -0.15) is 0 Å². The van der Waals surface area contributed by atoms with E-state index in [2.05, 4.69) is 25.8 Å². The Bertz CT molecular complexity index is 486. The van der Waals surface area contributed by atoms with Gasteiger partial charge in [-0.3, -0.25) is 9.69 Å². The maximum absolute atomic E-state index is 12.7. The van der Waals surface area contributed by atoms with Gasteiger partial charge < -0.3 is 10.6 Å². The first-order chi connectivity index (χ1) is 9.83. The van der Waals surface area contributed by atoms with E-state index in [-0.39, 0.29) is 23.4 Å². The van der Waals surface area contributed by atoms with Crippen LogP contribution in [0.3, 0.4) is 0 Å². The molecule has 4 nitrogen and oxygen atoms in total. The molecule has 0 saturated carbocycles. The Hall–Kier alpha value is -1.39. The van der Waals surface area contributed by atoms with Gasteiger partial charge in [0.25, 0.3) is 0 Å². The van der Waals surface area contributed by atoms with Crippen LogP contribution in [0.1, 0.15) is 32.4 Å². The molecule has 1 heterocycles. The van der Waals surface area contributed by atoms with Crippen molar-refractivity contribution in [2.24, 2.45) is 11.7 Å². The Morgan fingerprint density at radius 3 is 2.43 bits per heavy atom. The van der Waals surface area contributed by atoms with Crippen molar-refractivity contribution in [1.82, 2.24) is 9.80 Å². The maximum Gasteiger partial charge on any atom is 0.227 e. The Balaban J connectivity index is 2.06. The van der Waals surface area contributed by atoms with Crippen molar-refractivity contribution >= 4 is 5.91 Å². The molecular weight excluding hydrogens is 262 g/mol. The van der Waals surface area contributed by atoms with Gasteiger partial charge in [0.15, 0.2) is 0 Å². The summed E-state index contributed by atoms with van der Waals surface area (Å²) in [5, 5.41) is 0. The van der Waals surface area contributed by atoms with Gasteiger partial charge in [-0.05, 0) is 26.5 Å². The fraction of sp³-hybridized carbons (Fsp3) is 0.588. The number of likely N-dealkylation sites (N-methyl/N-ethyl adjacent to an activating group) is 1. The van der Waals surface area contributed by atoms with E-state index in [9.17, 15) is 4.79 Å². The second kappa shape index (κ2) is 6.16. The molecule has 1 fully saturated rings. The van der Waals surface area contributed by atoms with Crippen LogP contribution in [0.4, 0.5) is 0 Å². The van der Waals surface area contributed by atoms with Gasteiger partial charge in [0.05, 0.1) is 5.92 Å². The molecule has 2 atom stereocenters. The highest BCUT2D eigenvalue weighted by atomic mass is 16.2. The second-order valence-corrected chi connectivity index (χ2v) is 6.72. The molecule has 4 heteroatoms. The lowest BCUT2D eigenvalue weighted by Gasteiger charge is -2.46. The minimum absolute atomic E-state index is 0.0183. The monoisotopic (exact) mass is 289 g/mol. The first-order valence-electron chi connectivity index (χ1n) is 7.63. The predicted octanol–water partition coefficient (Wildman–Crippen LogP) is 1.88. The van der Waals surface area contributed by atoms with E-state index in [1.54, 1.807) is 0 Å². The Kier molecular flexibility index (Phi) is 4.69. The zero-order valence-electron chi connectivity index (χ0n) is 13.5. The van der Waals surface area contributed by atoms with Gasteiger partial charge in [0, 0.05) is 31.2 Å². The number of carbonyl (C=O) groups is 1. The minimum atomic E-state index is -0.249. The average Bonchev–Trinajstić information content (AvgIpc) is 2.48. The zero-order chi connectivity index (χ0) is 15.6. The highest BCUT2D eigenvalue weighted by Gasteiger charge is 2.35. The van der Waals surface area contributed by atoms with Crippen molar-refractivity contribution in [2.75, 3.05) is 26.7 Å². The summed E-state index contributed by atoms with van der Waals surface area (Å²) in [7, 11) is 2.11. The minimum Gasteiger partial charge on any atom is -0.339 e. The van der Waals surface area contributed by atoms with Gasteiger partial charge in [0.2, 0.25) is 5.91 Å². The van der Waals surface area contributed by atoms with Crippen LogP contribution in [-0.4, -0.2) is 47.9 Å². The van der Waals surface area contributed by atoms with Crippen molar-refractivity contribution in [3.05, 3.63) is 35.9 Å². The largest absolute Gasteiger partial charge is 0.339 e. The number of hydrogen-bond acceptors (Lipinski definition) is 3. The number of benzene rings is 1. The summed E-state index contributed by atoms with van der Waals surface area (Å²) >= 11 is 0. The highest BCUT2D eigenvalue weighted by molar-refractivity contribution is 5.79. The van der Waals surface area contributed by atoms with E-state index in [4.69, 9.17) is 5.73 Å². The summed E-state index contributed by atoms with van der Waals surface area (Å²) in [5.74, 6) is -0.0425. The molecule has 1 aromatic rings.